The molecule has 1 unspecified atom stereocenters. The number of nitrogens with one attached hydrogen (secondary N) is 2. The molecule has 88 valence electrons. The largest absolute Gasteiger partial charge is 0.325 e. The molecule has 2 N–H and O–H groups in total. The number of anilines is 1. The van der Waals surface area contributed by atoms with E-state index in [-0.39, 0.29) is 24.4 Å². The Balaban J connectivity index is 0.00000128. The van der Waals surface area contributed by atoms with Crippen LogP contribution in [-0.4, -0.2) is 18.5 Å². The Labute approximate surface area is 110 Å². The normalized spacial score (nSPS) is 18.9. The van der Waals surface area contributed by atoms with Crippen LogP contribution in [0.3, 0.4) is 0 Å². The van der Waals surface area contributed by atoms with Gasteiger partial charge in [0, 0.05) is 10.2 Å². The topological polar surface area (TPSA) is 41.1 Å². The maximum absolute atomic E-state index is 11.7. The van der Waals surface area contributed by atoms with E-state index in [1.165, 1.54) is 0 Å². The van der Waals surface area contributed by atoms with E-state index in [4.69, 9.17) is 0 Å². The smallest absolute Gasteiger partial charge is 0.241 e. The van der Waals surface area contributed by atoms with Gasteiger partial charge in [-0.15, -0.1) is 12.4 Å². The van der Waals surface area contributed by atoms with Gasteiger partial charge in [0.15, 0.2) is 0 Å². The van der Waals surface area contributed by atoms with Crippen LogP contribution in [0.25, 0.3) is 0 Å². The van der Waals surface area contributed by atoms with E-state index in [9.17, 15) is 4.79 Å². The molecule has 0 saturated carbocycles. The minimum Gasteiger partial charge on any atom is -0.325 e. The molecule has 1 aromatic carbocycles. The lowest BCUT2D eigenvalue weighted by Crippen LogP contribution is -2.35. The van der Waals surface area contributed by atoms with Crippen molar-refractivity contribution in [1.29, 1.82) is 0 Å². The second-order valence-corrected chi connectivity index (χ2v) is 4.56. The molecule has 0 aromatic heterocycles. The molecule has 1 aliphatic heterocycles. The van der Waals surface area contributed by atoms with Gasteiger partial charge >= 0.3 is 0 Å². The first-order chi connectivity index (χ1) is 7.25. The number of rotatable bonds is 2. The van der Waals surface area contributed by atoms with Crippen molar-refractivity contribution in [2.24, 2.45) is 0 Å². The third kappa shape index (κ3) is 3.47. The Bertz CT molecular complexity index is 350. The molecule has 1 fully saturated rings. The van der Waals surface area contributed by atoms with Crippen LogP contribution < -0.4 is 10.6 Å². The number of hydrogen-bond acceptors (Lipinski definition) is 2. The van der Waals surface area contributed by atoms with Crippen molar-refractivity contribution in [3.63, 3.8) is 0 Å². The van der Waals surface area contributed by atoms with E-state index in [2.05, 4.69) is 26.6 Å². The number of carbonyl (C=O) groups is 1. The van der Waals surface area contributed by atoms with E-state index < -0.39 is 0 Å². The van der Waals surface area contributed by atoms with Crippen molar-refractivity contribution in [3.8, 4) is 0 Å². The van der Waals surface area contributed by atoms with Crippen molar-refractivity contribution >= 4 is 39.9 Å². The van der Waals surface area contributed by atoms with Gasteiger partial charge < -0.3 is 10.6 Å². The van der Waals surface area contributed by atoms with Crippen molar-refractivity contribution in [2.75, 3.05) is 11.9 Å². The highest BCUT2D eigenvalue weighted by Gasteiger charge is 2.21. The molecule has 1 atom stereocenters. The molecule has 0 radical (unpaired) electrons. The number of amides is 1. The van der Waals surface area contributed by atoms with Crippen molar-refractivity contribution in [2.45, 2.75) is 18.9 Å². The maximum Gasteiger partial charge on any atom is 0.241 e. The SMILES string of the molecule is Cl.O=C(Nc1ccc(Br)cc1)C1CCCN1. The highest BCUT2D eigenvalue weighted by molar-refractivity contribution is 9.10. The van der Waals surface area contributed by atoms with Crippen LogP contribution in [-0.2, 0) is 4.79 Å². The maximum atomic E-state index is 11.7. The third-order valence-corrected chi connectivity index (χ3v) is 3.02. The lowest BCUT2D eigenvalue weighted by Gasteiger charge is -2.10. The summed E-state index contributed by atoms with van der Waals surface area (Å²) in [5.41, 5.74) is 0.844. The van der Waals surface area contributed by atoms with Gasteiger partial charge in [-0.1, -0.05) is 15.9 Å². The van der Waals surface area contributed by atoms with Crippen molar-refractivity contribution in [3.05, 3.63) is 28.7 Å². The Hall–Kier alpha value is -0.580. The number of carbonyl (C=O) groups excluding carboxylic acids is 1. The quantitative estimate of drug-likeness (QED) is 0.882. The fourth-order valence-electron chi connectivity index (χ4n) is 1.67. The average Bonchev–Trinajstić information content (AvgIpc) is 2.74. The van der Waals surface area contributed by atoms with Crippen LogP contribution in [0.1, 0.15) is 12.8 Å². The Morgan fingerprint density at radius 3 is 2.62 bits per heavy atom. The molecule has 1 heterocycles. The van der Waals surface area contributed by atoms with Crippen LogP contribution in [0.5, 0.6) is 0 Å². The molecule has 0 aliphatic carbocycles. The predicted octanol–water partition coefficient (Wildman–Crippen LogP) is 2.56. The monoisotopic (exact) mass is 304 g/mol. The summed E-state index contributed by atoms with van der Waals surface area (Å²) in [7, 11) is 0. The van der Waals surface area contributed by atoms with Gasteiger partial charge in [0.2, 0.25) is 5.91 Å². The first kappa shape index (κ1) is 13.5. The third-order valence-electron chi connectivity index (χ3n) is 2.49. The second-order valence-electron chi connectivity index (χ2n) is 3.65. The van der Waals surface area contributed by atoms with E-state index in [0.29, 0.717) is 0 Å². The van der Waals surface area contributed by atoms with Gasteiger partial charge in [0.1, 0.15) is 0 Å². The van der Waals surface area contributed by atoms with Crippen LogP contribution in [0.15, 0.2) is 28.7 Å². The lowest BCUT2D eigenvalue weighted by molar-refractivity contribution is -0.117. The van der Waals surface area contributed by atoms with Crippen LogP contribution in [0.2, 0.25) is 0 Å². The van der Waals surface area contributed by atoms with Crippen LogP contribution in [0, 0.1) is 0 Å². The highest BCUT2D eigenvalue weighted by atomic mass is 79.9. The molecule has 1 aromatic rings. The van der Waals surface area contributed by atoms with Crippen LogP contribution >= 0.6 is 28.3 Å². The molecule has 1 saturated heterocycles. The first-order valence-corrected chi connectivity index (χ1v) is 5.85. The lowest BCUT2D eigenvalue weighted by atomic mass is 10.2. The second kappa shape index (κ2) is 6.23. The zero-order valence-corrected chi connectivity index (χ0v) is 11.1. The number of halogens is 2. The molecular formula is C11H14BrClN2O. The molecule has 16 heavy (non-hydrogen) atoms. The zero-order chi connectivity index (χ0) is 10.7. The molecule has 1 amide bonds. The minimum absolute atomic E-state index is 0. The van der Waals surface area contributed by atoms with Gasteiger partial charge in [-0.05, 0) is 43.7 Å². The number of benzene rings is 1. The molecular weight excluding hydrogens is 291 g/mol. The van der Waals surface area contributed by atoms with Crippen molar-refractivity contribution < 1.29 is 4.79 Å². The molecule has 2 rings (SSSR count). The van der Waals surface area contributed by atoms with E-state index >= 15 is 0 Å². The predicted molar refractivity (Wildman–Crippen MR) is 71.0 cm³/mol. The average molecular weight is 306 g/mol. The molecule has 5 heteroatoms. The fourth-order valence-corrected chi connectivity index (χ4v) is 1.94. The highest BCUT2D eigenvalue weighted by Crippen LogP contribution is 2.15. The summed E-state index contributed by atoms with van der Waals surface area (Å²) in [6, 6.07) is 7.58. The Morgan fingerprint density at radius 2 is 2.06 bits per heavy atom. The fraction of sp³-hybridized carbons (Fsp3) is 0.364. The molecule has 3 nitrogen and oxygen atoms in total. The Morgan fingerprint density at radius 1 is 1.38 bits per heavy atom. The number of hydrogen-bond donors (Lipinski definition) is 2. The molecule has 0 spiro atoms. The summed E-state index contributed by atoms with van der Waals surface area (Å²) in [5, 5.41) is 6.06. The van der Waals surface area contributed by atoms with Gasteiger partial charge in [-0.25, -0.2) is 0 Å². The van der Waals surface area contributed by atoms with E-state index in [1.54, 1.807) is 0 Å². The summed E-state index contributed by atoms with van der Waals surface area (Å²) in [6.45, 7) is 0.943. The summed E-state index contributed by atoms with van der Waals surface area (Å²) in [5.74, 6) is 0.0647. The van der Waals surface area contributed by atoms with Crippen molar-refractivity contribution in [1.82, 2.24) is 5.32 Å². The zero-order valence-electron chi connectivity index (χ0n) is 8.70. The standard InChI is InChI=1S/C11H13BrN2O.ClH/c12-8-3-5-9(6-4-8)14-11(15)10-2-1-7-13-10;/h3-6,10,13H,1-2,7H2,(H,14,15);1H. The van der Waals surface area contributed by atoms with Crippen LogP contribution in [0.4, 0.5) is 5.69 Å². The van der Waals surface area contributed by atoms with E-state index in [1.807, 2.05) is 24.3 Å². The van der Waals surface area contributed by atoms with Gasteiger partial charge in [0.25, 0.3) is 0 Å². The summed E-state index contributed by atoms with van der Waals surface area (Å²) in [6.07, 6.45) is 2.01. The summed E-state index contributed by atoms with van der Waals surface area (Å²) >= 11 is 3.35. The van der Waals surface area contributed by atoms with Gasteiger partial charge in [0.05, 0.1) is 6.04 Å². The molecule has 1 aliphatic rings. The van der Waals surface area contributed by atoms with E-state index in [0.717, 1.165) is 29.5 Å². The summed E-state index contributed by atoms with van der Waals surface area (Å²) in [4.78, 5) is 11.7. The summed E-state index contributed by atoms with van der Waals surface area (Å²) < 4.78 is 1.01. The minimum atomic E-state index is -0.0198. The Kier molecular flexibility index (Phi) is 5.25. The van der Waals surface area contributed by atoms with Gasteiger partial charge in [-0.3, -0.25) is 4.79 Å². The van der Waals surface area contributed by atoms with Gasteiger partial charge in [-0.2, -0.15) is 0 Å². The first-order valence-electron chi connectivity index (χ1n) is 5.05. The molecule has 0 bridgehead atoms.